The molecule has 2 bridgehead atoms. The number of aromatic amines is 1. The van der Waals surface area contributed by atoms with Crippen molar-refractivity contribution in [2.24, 2.45) is 0 Å². The lowest BCUT2D eigenvalue weighted by Crippen LogP contribution is -2.47. The molecule has 2 aromatic heterocycles. The van der Waals surface area contributed by atoms with Gasteiger partial charge in [0, 0.05) is 0 Å². The summed E-state index contributed by atoms with van der Waals surface area (Å²) in [6.45, 7) is 8.60. The lowest BCUT2D eigenvalue weighted by atomic mass is 9.99. The first-order valence-electron chi connectivity index (χ1n) is 9.09. The van der Waals surface area contributed by atoms with E-state index >= 15 is 0 Å². The molecule has 0 aliphatic carbocycles. The molecule has 0 aromatic carbocycles. The summed E-state index contributed by atoms with van der Waals surface area (Å²) in [6, 6.07) is 0. The van der Waals surface area contributed by atoms with E-state index in [1.54, 1.807) is 4.57 Å². The Bertz CT molecular complexity index is 893. The van der Waals surface area contributed by atoms with Gasteiger partial charge in [-0.05, 0) is 27.7 Å². The van der Waals surface area contributed by atoms with Crippen LogP contribution in [0.5, 0.6) is 0 Å². The molecule has 0 amide bonds. The second-order valence-electron chi connectivity index (χ2n) is 7.59. The summed E-state index contributed by atoms with van der Waals surface area (Å²) >= 11 is 0. The van der Waals surface area contributed by atoms with Crippen LogP contribution in [-0.4, -0.2) is 62.7 Å². The van der Waals surface area contributed by atoms with Crippen molar-refractivity contribution in [3.05, 3.63) is 16.7 Å². The summed E-state index contributed by atoms with van der Waals surface area (Å²) in [4.78, 5) is 22.9. The average molecular weight is 379 g/mol. The number of hydrogen-bond donors (Lipinski definition) is 2. The Kier molecular flexibility index (Phi) is 4.46. The van der Waals surface area contributed by atoms with Gasteiger partial charge in [-0.3, -0.25) is 14.3 Å². The Morgan fingerprint density at radius 3 is 2.89 bits per heavy atom. The molecule has 2 aliphatic rings. The fraction of sp³-hybridized carbons (Fsp3) is 0.706. The monoisotopic (exact) mass is 379 g/mol. The van der Waals surface area contributed by atoms with E-state index in [1.807, 2.05) is 27.7 Å². The molecule has 2 aromatic rings. The summed E-state index contributed by atoms with van der Waals surface area (Å²) < 4.78 is 26.1. The fourth-order valence-corrected chi connectivity index (χ4v) is 3.65. The predicted octanol–water partition coefficient (Wildman–Crippen LogP) is 0.587. The number of imidazole rings is 1. The van der Waals surface area contributed by atoms with Crippen LogP contribution in [0.1, 0.15) is 33.9 Å². The van der Waals surface area contributed by atoms with Gasteiger partial charge in [0.2, 0.25) is 5.95 Å². The molecule has 0 saturated carbocycles. The first-order valence-corrected chi connectivity index (χ1v) is 9.09. The lowest BCUT2D eigenvalue weighted by Gasteiger charge is -2.32. The maximum absolute atomic E-state index is 12.1. The third-order valence-corrected chi connectivity index (χ3v) is 4.78. The van der Waals surface area contributed by atoms with Crippen LogP contribution in [0.3, 0.4) is 0 Å². The predicted molar refractivity (Wildman–Crippen MR) is 96.3 cm³/mol. The molecule has 3 N–H and O–H groups in total. The van der Waals surface area contributed by atoms with Crippen molar-refractivity contribution in [2.75, 3.05) is 18.9 Å². The van der Waals surface area contributed by atoms with E-state index in [2.05, 4.69) is 15.0 Å². The van der Waals surface area contributed by atoms with Crippen LogP contribution in [-0.2, 0) is 18.9 Å². The molecule has 2 fully saturated rings. The van der Waals surface area contributed by atoms with Gasteiger partial charge in [0.15, 0.2) is 17.4 Å². The number of rotatable bonds is 6. The second-order valence-corrected chi connectivity index (χ2v) is 7.59. The van der Waals surface area contributed by atoms with Crippen LogP contribution >= 0.6 is 0 Å². The fourth-order valence-electron chi connectivity index (χ4n) is 3.65. The molecule has 0 spiro atoms. The minimum Gasteiger partial charge on any atom is -0.376 e. The molecule has 2 saturated heterocycles. The minimum absolute atomic E-state index is 0.00359. The number of nitrogens with two attached hydrogens (primary N) is 1. The zero-order valence-electron chi connectivity index (χ0n) is 15.8. The molecule has 10 heteroatoms. The molecule has 4 rings (SSSR count). The van der Waals surface area contributed by atoms with Gasteiger partial charge in [0.25, 0.3) is 5.56 Å². The molecule has 4 heterocycles. The topological polar surface area (TPSA) is 127 Å². The third-order valence-electron chi connectivity index (χ3n) is 4.78. The van der Waals surface area contributed by atoms with Crippen LogP contribution in [0, 0.1) is 0 Å². The Balaban J connectivity index is 1.72. The number of fused-ring (bicyclic) bond motifs is 3. The van der Waals surface area contributed by atoms with Crippen molar-refractivity contribution >= 4 is 17.1 Å². The summed E-state index contributed by atoms with van der Waals surface area (Å²) in [5, 5.41) is 0. The number of anilines is 1. The first-order chi connectivity index (χ1) is 12.8. The van der Waals surface area contributed by atoms with E-state index in [9.17, 15) is 4.79 Å². The number of nitrogens with one attached hydrogen (secondary N) is 1. The highest BCUT2D eigenvalue weighted by atomic mass is 16.7. The summed E-state index contributed by atoms with van der Waals surface area (Å²) in [5.74, 6) is 0.0196. The quantitative estimate of drug-likeness (QED) is 0.747. The van der Waals surface area contributed by atoms with Crippen molar-refractivity contribution in [1.29, 1.82) is 0 Å². The zero-order valence-corrected chi connectivity index (χ0v) is 15.8. The van der Waals surface area contributed by atoms with Gasteiger partial charge in [-0.15, -0.1) is 0 Å². The molecule has 10 nitrogen and oxygen atoms in total. The van der Waals surface area contributed by atoms with Gasteiger partial charge in [-0.25, -0.2) is 4.98 Å². The van der Waals surface area contributed by atoms with Crippen molar-refractivity contribution in [2.45, 2.75) is 63.9 Å². The second kappa shape index (κ2) is 6.55. The minimum atomic E-state index is -0.729. The summed E-state index contributed by atoms with van der Waals surface area (Å²) in [7, 11) is 0. The number of ether oxygens (including phenoxy) is 4. The van der Waals surface area contributed by atoms with Crippen molar-refractivity contribution in [3.8, 4) is 0 Å². The van der Waals surface area contributed by atoms with Crippen molar-refractivity contribution in [1.82, 2.24) is 19.5 Å². The normalized spacial score (nSPS) is 30.2. The smallest absolute Gasteiger partial charge is 0.280 e. The van der Waals surface area contributed by atoms with Gasteiger partial charge in [0.1, 0.15) is 17.8 Å². The Labute approximate surface area is 156 Å². The van der Waals surface area contributed by atoms with Gasteiger partial charge in [-0.1, -0.05) is 0 Å². The van der Waals surface area contributed by atoms with Crippen LogP contribution in [0.4, 0.5) is 5.95 Å². The number of aromatic nitrogens is 4. The van der Waals surface area contributed by atoms with Crippen LogP contribution in [0.2, 0.25) is 0 Å². The first kappa shape index (κ1) is 18.4. The molecule has 148 valence electrons. The number of hydrogen-bond acceptors (Lipinski definition) is 8. The molecular weight excluding hydrogens is 354 g/mol. The van der Waals surface area contributed by atoms with E-state index in [1.165, 1.54) is 6.33 Å². The van der Waals surface area contributed by atoms with Crippen LogP contribution < -0.4 is 11.3 Å². The van der Waals surface area contributed by atoms with E-state index in [0.717, 1.165) is 0 Å². The van der Waals surface area contributed by atoms with Crippen LogP contribution in [0.25, 0.3) is 11.2 Å². The molecule has 2 aliphatic heterocycles. The lowest BCUT2D eigenvalue weighted by molar-refractivity contribution is -0.198. The largest absolute Gasteiger partial charge is 0.376 e. The maximum Gasteiger partial charge on any atom is 0.280 e. The highest BCUT2D eigenvalue weighted by molar-refractivity contribution is 5.70. The average Bonchev–Trinajstić information content (AvgIpc) is 3.23. The van der Waals surface area contributed by atoms with E-state index in [0.29, 0.717) is 18.9 Å². The van der Waals surface area contributed by atoms with Gasteiger partial charge in [-0.2, -0.15) is 4.98 Å². The molecule has 27 heavy (non-hydrogen) atoms. The molecule has 1 unspecified atom stereocenters. The van der Waals surface area contributed by atoms with E-state index in [-0.39, 0.29) is 35.9 Å². The Hall–Kier alpha value is -2.01. The molecule has 0 radical (unpaired) electrons. The summed E-state index contributed by atoms with van der Waals surface area (Å²) in [6.07, 6.45) is 0.341. The van der Waals surface area contributed by atoms with Crippen molar-refractivity contribution < 1.29 is 18.9 Å². The van der Waals surface area contributed by atoms with Crippen LogP contribution in [0.15, 0.2) is 11.1 Å². The van der Waals surface area contributed by atoms with Gasteiger partial charge < -0.3 is 24.7 Å². The molecule has 4 atom stereocenters. The highest BCUT2D eigenvalue weighted by Crippen LogP contribution is 2.47. The van der Waals surface area contributed by atoms with E-state index < -0.39 is 17.4 Å². The van der Waals surface area contributed by atoms with Crippen molar-refractivity contribution in [3.63, 3.8) is 0 Å². The number of nitrogen functional groups attached to an aromatic ring is 1. The maximum atomic E-state index is 12.1. The zero-order chi connectivity index (χ0) is 19.3. The number of H-pyrrole nitrogens is 1. The highest BCUT2D eigenvalue weighted by Gasteiger charge is 2.63. The third kappa shape index (κ3) is 3.02. The van der Waals surface area contributed by atoms with Gasteiger partial charge >= 0.3 is 0 Å². The van der Waals surface area contributed by atoms with E-state index in [4.69, 9.17) is 24.7 Å². The Morgan fingerprint density at radius 2 is 2.19 bits per heavy atom. The SMILES string of the molecule is CC(C)OC[C@@]12COC([C@H](n3cnc4c(=O)[nH]c(N)nc43)O1)[C@H]2OC(C)C. The summed E-state index contributed by atoms with van der Waals surface area (Å²) in [5.41, 5.74) is 5.13. The molecular formula is C17H25N5O5. The standard InChI is InChI=1S/C17H25N5O5/c1-8(2)24-5-17-6-25-11(12(17)26-9(3)4)15(27-17)22-7-19-10-13(22)20-16(18)21-14(10)23/h7-9,11-12,15H,5-6H2,1-4H3,(H3,18,20,21,23)/t11?,12-,15-,17+/m1/s1. The Morgan fingerprint density at radius 1 is 1.41 bits per heavy atom. The van der Waals surface area contributed by atoms with Gasteiger partial charge in [0.05, 0.1) is 31.7 Å². The number of nitrogens with zero attached hydrogens (tertiary/aromatic N) is 3.